The molecular weight excluding hydrogens is 500 g/mol. The second-order valence-corrected chi connectivity index (χ2v) is 10.1. The average molecular weight is 531 g/mol. The zero-order valence-corrected chi connectivity index (χ0v) is 22.1. The molecule has 1 unspecified atom stereocenters. The molecule has 1 fully saturated rings. The molecule has 9 heteroatoms. The van der Waals surface area contributed by atoms with Gasteiger partial charge < -0.3 is 24.2 Å². The highest BCUT2D eigenvalue weighted by Gasteiger charge is 2.35. The van der Waals surface area contributed by atoms with Gasteiger partial charge in [-0.25, -0.2) is 9.59 Å². The number of benzene rings is 2. The van der Waals surface area contributed by atoms with Gasteiger partial charge >= 0.3 is 11.6 Å². The second-order valence-electron chi connectivity index (χ2n) is 10.1. The first-order valence-corrected chi connectivity index (χ1v) is 13.0. The summed E-state index contributed by atoms with van der Waals surface area (Å²) in [7, 11) is 0. The van der Waals surface area contributed by atoms with Crippen molar-refractivity contribution in [1.82, 2.24) is 10.2 Å². The van der Waals surface area contributed by atoms with Crippen molar-refractivity contribution in [3.63, 3.8) is 0 Å². The molecule has 2 amide bonds. The number of hydrogen-bond donors (Lipinski definition) is 2. The maximum absolute atomic E-state index is 13.5. The highest BCUT2D eigenvalue weighted by Crippen LogP contribution is 2.31. The Morgan fingerprint density at radius 1 is 1.00 bits per heavy atom. The van der Waals surface area contributed by atoms with E-state index in [1.165, 1.54) is 4.90 Å². The second kappa shape index (κ2) is 10.4. The molecule has 2 aromatic heterocycles. The maximum Gasteiger partial charge on any atom is 0.340 e. The molecule has 4 aromatic rings. The van der Waals surface area contributed by atoms with Crippen LogP contribution in [0.25, 0.3) is 21.9 Å². The predicted octanol–water partition coefficient (Wildman–Crippen LogP) is 4.33. The minimum absolute atomic E-state index is 0.226. The Balaban J connectivity index is 1.42. The molecule has 39 heavy (non-hydrogen) atoms. The molecule has 3 heterocycles. The number of aryl methyl sites for hydroxylation is 3. The summed E-state index contributed by atoms with van der Waals surface area (Å²) in [6.45, 7) is 5.96. The molecule has 0 bridgehead atoms. The molecule has 0 aliphatic carbocycles. The quantitative estimate of drug-likeness (QED) is 0.355. The van der Waals surface area contributed by atoms with Crippen molar-refractivity contribution < 1.29 is 28.3 Å². The van der Waals surface area contributed by atoms with Gasteiger partial charge in [-0.3, -0.25) is 9.59 Å². The van der Waals surface area contributed by atoms with Gasteiger partial charge in [-0.15, -0.1) is 0 Å². The van der Waals surface area contributed by atoms with E-state index in [4.69, 9.17) is 8.83 Å². The lowest BCUT2D eigenvalue weighted by Gasteiger charge is -2.35. The minimum Gasteiger partial charge on any atom is -0.479 e. The molecule has 5 rings (SSSR count). The summed E-state index contributed by atoms with van der Waals surface area (Å²) < 4.78 is 11.4. The van der Waals surface area contributed by atoms with Gasteiger partial charge in [0.2, 0.25) is 11.8 Å². The number of likely N-dealkylation sites (tertiary alicyclic amines) is 1. The zero-order chi connectivity index (χ0) is 27.8. The topological polar surface area (TPSA) is 130 Å². The fraction of sp³-hybridized carbons (Fsp3) is 0.333. The molecule has 2 atom stereocenters. The van der Waals surface area contributed by atoms with Gasteiger partial charge in [0.05, 0.1) is 12.0 Å². The molecule has 0 saturated carbocycles. The first-order chi connectivity index (χ1) is 18.7. The number of carboxylic acid groups (broad SMARTS) is 1. The molecular formula is C30H30N2O7. The van der Waals surface area contributed by atoms with Crippen LogP contribution in [0.5, 0.6) is 0 Å². The van der Waals surface area contributed by atoms with Crippen molar-refractivity contribution >= 4 is 39.7 Å². The third kappa shape index (κ3) is 4.92. The lowest BCUT2D eigenvalue weighted by Crippen LogP contribution is -2.53. The number of hydrogen-bond acceptors (Lipinski definition) is 6. The van der Waals surface area contributed by atoms with E-state index in [0.29, 0.717) is 47.1 Å². The summed E-state index contributed by atoms with van der Waals surface area (Å²) in [5, 5.41) is 14.0. The monoisotopic (exact) mass is 530 g/mol. The van der Waals surface area contributed by atoms with E-state index in [0.717, 1.165) is 23.1 Å². The van der Waals surface area contributed by atoms with Gasteiger partial charge in [-0.1, -0.05) is 30.3 Å². The van der Waals surface area contributed by atoms with Crippen molar-refractivity contribution in [3.05, 3.63) is 80.9 Å². The number of nitrogens with zero attached hydrogens (tertiary/aromatic N) is 1. The molecule has 2 aromatic carbocycles. The van der Waals surface area contributed by atoms with Crippen molar-refractivity contribution in [3.8, 4) is 0 Å². The molecule has 1 aliphatic heterocycles. The van der Waals surface area contributed by atoms with Crippen molar-refractivity contribution in [2.45, 2.75) is 58.5 Å². The van der Waals surface area contributed by atoms with Gasteiger partial charge in [0.15, 0.2) is 6.04 Å². The summed E-state index contributed by atoms with van der Waals surface area (Å²) in [5.74, 6) is -1.32. The van der Waals surface area contributed by atoms with Crippen molar-refractivity contribution in [1.29, 1.82) is 0 Å². The van der Waals surface area contributed by atoms with Crippen LogP contribution in [0.2, 0.25) is 0 Å². The van der Waals surface area contributed by atoms with E-state index in [1.807, 2.05) is 19.9 Å². The van der Waals surface area contributed by atoms with Crippen LogP contribution in [-0.2, 0) is 20.8 Å². The van der Waals surface area contributed by atoms with Gasteiger partial charge in [0.25, 0.3) is 0 Å². The Morgan fingerprint density at radius 2 is 1.69 bits per heavy atom. The number of carboxylic acids is 1. The Morgan fingerprint density at radius 3 is 2.41 bits per heavy atom. The number of nitrogens with one attached hydrogen (secondary N) is 1. The molecule has 202 valence electrons. The number of fused-ring (bicyclic) bond motifs is 2. The van der Waals surface area contributed by atoms with E-state index >= 15 is 0 Å². The molecule has 9 nitrogen and oxygen atoms in total. The number of amides is 2. The predicted molar refractivity (Wildman–Crippen MR) is 144 cm³/mol. The lowest BCUT2D eigenvalue weighted by atomic mass is 9.97. The summed E-state index contributed by atoms with van der Waals surface area (Å²) in [6.07, 6.45) is 1.61. The first kappa shape index (κ1) is 26.2. The van der Waals surface area contributed by atoms with Crippen molar-refractivity contribution in [2.24, 2.45) is 0 Å². The summed E-state index contributed by atoms with van der Waals surface area (Å²) in [5.41, 5.74) is 2.71. The number of aliphatic carboxylic acids is 1. The average Bonchev–Trinajstić information content (AvgIpc) is 3.20. The molecule has 0 radical (unpaired) electrons. The number of furan rings is 1. The van der Waals surface area contributed by atoms with Crippen LogP contribution in [0, 0.1) is 20.8 Å². The Labute approximate surface area is 224 Å². The number of carbonyl (C=O) groups excluding carboxylic acids is 2. The fourth-order valence-electron chi connectivity index (χ4n) is 5.36. The normalized spacial score (nSPS) is 16.4. The fourth-order valence-corrected chi connectivity index (χ4v) is 5.36. The van der Waals surface area contributed by atoms with Crippen LogP contribution in [-0.4, -0.2) is 40.4 Å². The smallest absolute Gasteiger partial charge is 0.340 e. The van der Waals surface area contributed by atoms with Gasteiger partial charge in [0.1, 0.15) is 23.0 Å². The van der Waals surface area contributed by atoms with E-state index in [1.54, 1.807) is 43.3 Å². The highest BCUT2D eigenvalue weighted by molar-refractivity contribution is 5.97. The van der Waals surface area contributed by atoms with Crippen LogP contribution in [0.1, 0.15) is 53.3 Å². The van der Waals surface area contributed by atoms with E-state index < -0.39 is 29.6 Å². The Bertz CT molecular complexity index is 1650. The van der Waals surface area contributed by atoms with Crippen LogP contribution >= 0.6 is 0 Å². The highest BCUT2D eigenvalue weighted by atomic mass is 16.4. The van der Waals surface area contributed by atoms with Crippen LogP contribution in [0.4, 0.5) is 0 Å². The SMILES string of the molecule is Cc1oc2cc3oc(=O)c(CC(=O)N4CCCCC4C(=O)N[C@@H](C(=O)O)c4ccccc4)c(C)c3cc2c1C. The standard InChI is InChI=1S/C30H30N2O7/c1-16-18(3)38-24-15-25-21(13-20(16)24)17(2)22(30(37)39-25)14-26(33)32-12-8-7-11-23(32)28(34)31-27(29(35)36)19-9-5-4-6-10-19/h4-6,9-10,13,15,23,27H,7-8,11-12,14H2,1-3H3,(H,31,34)(H,35,36)/t23?,27-/m1/s1. The zero-order valence-electron chi connectivity index (χ0n) is 22.1. The summed E-state index contributed by atoms with van der Waals surface area (Å²) in [4.78, 5) is 53.1. The molecule has 1 aliphatic rings. The third-order valence-electron chi connectivity index (χ3n) is 7.70. The molecule has 0 spiro atoms. The summed E-state index contributed by atoms with van der Waals surface area (Å²) in [6, 6.07) is 9.96. The molecule has 1 saturated heterocycles. The number of piperidine rings is 1. The Kier molecular flexibility index (Phi) is 6.99. The van der Waals surface area contributed by atoms with Gasteiger partial charge in [0, 0.05) is 23.4 Å². The van der Waals surface area contributed by atoms with Crippen molar-refractivity contribution in [2.75, 3.05) is 6.54 Å². The van der Waals surface area contributed by atoms with Crippen LogP contribution in [0.15, 0.2) is 56.1 Å². The van der Waals surface area contributed by atoms with Gasteiger partial charge in [-0.05, 0) is 62.8 Å². The van der Waals surface area contributed by atoms with E-state index in [9.17, 15) is 24.3 Å². The largest absolute Gasteiger partial charge is 0.479 e. The summed E-state index contributed by atoms with van der Waals surface area (Å²) >= 11 is 0. The maximum atomic E-state index is 13.5. The minimum atomic E-state index is -1.24. The van der Waals surface area contributed by atoms with E-state index in [2.05, 4.69) is 5.32 Å². The Hall–Kier alpha value is -4.40. The number of carbonyl (C=O) groups is 3. The molecule has 2 N–H and O–H groups in total. The lowest BCUT2D eigenvalue weighted by molar-refractivity contribution is -0.145. The van der Waals surface area contributed by atoms with Crippen LogP contribution in [0.3, 0.4) is 0 Å². The van der Waals surface area contributed by atoms with E-state index in [-0.39, 0.29) is 17.9 Å². The number of rotatable bonds is 6. The van der Waals surface area contributed by atoms with Gasteiger partial charge in [-0.2, -0.15) is 0 Å². The first-order valence-electron chi connectivity index (χ1n) is 13.0. The third-order valence-corrected chi connectivity index (χ3v) is 7.70. The van der Waals surface area contributed by atoms with Crippen LogP contribution < -0.4 is 10.9 Å².